The molecule has 1 saturated carbocycles. The van der Waals surface area contributed by atoms with Gasteiger partial charge in [0.1, 0.15) is 0 Å². The molecular formula is C15H27N3O. The number of likely N-dealkylation sites (tertiary alicyclic amines) is 1. The van der Waals surface area contributed by atoms with E-state index in [4.69, 9.17) is 0 Å². The fourth-order valence-corrected chi connectivity index (χ4v) is 4.48. The highest BCUT2D eigenvalue weighted by atomic mass is 16.2. The summed E-state index contributed by atoms with van der Waals surface area (Å²) in [5.41, 5.74) is -0.206. The summed E-state index contributed by atoms with van der Waals surface area (Å²) in [6, 6.07) is 0.422. The maximum Gasteiger partial charge on any atom is 0.244 e. The van der Waals surface area contributed by atoms with Crippen molar-refractivity contribution in [2.75, 3.05) is 20.1 Å². The van der Waals surface area contributed by atoms with Crippen molar-refractivity contribution >= 4 is 5.91 Å². The van der Waals surface area contributed by atoms with E-state index in [-0.39, 0.29) is 11.7 Å². The Balaban J connectivity index is 1.79. The summed E-state index contributed by atoms with van der Waals surface area (Å²) in [5.74, 6) is 0.961. The summed E-state index contributed by atoms with van der Waals surface area (Å²) in [6.45, 7) is 6.67. The summed E-state index contributed by atoms with van der Waals surface area (Å²) in [4.78, 5) is 17.5. The molecule has 0 aromatic heterocycles. The molecule has 1 aliphatic carbocycles. The Morgan fingerprint density at radius 1 is 1.26 bits per heavy atom. The van der Waals surface area contributed by atoms with E-state index in [1.165, 1.54) is 12.8 Å². The molecule has 2 aliphatic heterocycles. The van der Waals surface area contributed by atoms with Crippen LogP contribution in [0.3, 0.4) is 0 Å². The van der Waals surface area contributed by atoms with Gasteiger partial charge in [-0.2, -0.15) is 0 Å². The first kappa shape index (κ1) is 13.4. The van der Waals surface area contributed by atoms with E-state index in [0.29, 0.717) is 17.9 Å². The van der Waals surface area contributed by atoms with Gasteiger partial charge in [-0.3, -0.25) is 10.1 Å². The molecule has 2 heterocycles. The van der Waals surface area contributed by atoms with Crippen LogP contribution < -0.4 is 5.32 Å². The van der Waals surface area contributed by atoms with E-state index in [2.05, 4.69) is 36.0 Å². The third kappa shape index (κ3) is 2.09. The molecule has 108 valence electrons. The Morgan fingerprint density at radius 3 is 2.58 bits per heavy atom. The zero-order chi connectivity index (χ0) is 13.6. The summed E-state index contributed by atoms with van der Waals surface area (Å²) < 4.78 is 0. The molecule has 19 heavy (non-hydrogen) atoms. The third-order valence-electron chi connectivity index (χ3n) is 5.42. The van der Waals surface area contributed by atoms with E-state index >= 15 is 0 Å². The second-order valence-electron chi connectivity index (χ2n) is 6.92. The minimum atomic E-state index is -0.206. The van der Waals surface area contributed by atoms with Crippen LogP contribution in [-0.4, -0.2) is 53.6 Å². The molecule has 2 saturated heterocycles. The van der Waals surface area contributed by atoms with Gasteiger partial charge in [0.05, 0.1) is 11.7 Å². The lowest BCUT2D eigenvalue weighted by molar-refractivity contribution is -0.137. The molecule has 4 heteroatoms. The van der Waals surface area contributed by atoms with Crippen LogP contribution in [-0.2, 0) is 4.79 Å². The Kier molecular flexibility index (Phi) is 3.34. The number of piperidine rings is 1. The van der Waals surface area contributed by atoms with Gasteiger partial charge in [0, 0.05) is 12.6 Å². The minimum absolute atomic E-state index is 0.206. The molecule has 1 N–H and O–H groups in total. The molecule has 1 amide bonds. The van der Waals surface area contributed by atoms with Gasteiger partial charge in [-0.05, 0) is 45.7 Å². The predicted molar refractivity (Wildman–Crippen MR) is 75.7 cm³/mol. The molecule has 0 aromatic rings. The van der Waals surface area contributed by atoms with Gasteiger partial charge in [0.15, 0.2) is 0 Å². The van der Waals surface area contributed by atoms with E-state index < -0.39 is 0 Å². The predicted octanol–water partition coefficient (Wildman–Crippen LogP) is 1.42. The van der Waals surface area contributed by atoms with Crippen molar-refractivity contribution in [3.63, 3.8) is 0 Å². The number of nitrogens with one attached hydrogen (secondary N) is 1. The standard InChI is InChI=1S/C15H27N3O/c1-11-10-17(3)9-6-13(11)18-12(2)16-15(14(18)19)7-4-5-8-15/h11-13,16H,4-10H2,1-3H3. The van der Waals surface area contributed by atoms with Gasteiger partial charge in [-0.1, -0.05) is 19.8 Å². The molecule has 0 bridgehead atoms. The fourth-order valence-electron chi connectivity index (χ4n) is 4.48. The van der Waals surface area contributed by atoms with Gasteiger partial charge < -0.3 is 9.80 Å². The van der Waals surface area contributed by atoms with Crippen molar-refractivity contribution in [3.05, 3.63) is 0 Å². The maximum absolute atomic E-state index is 12.9. The SMILES string of the molecule is CC1CN(C)CCC1N1C(=O)C2(CCCC2)NC1C. The fraction of sp³-hybridized carbons (Fsp3) is 0.933. The number of carbonyl (C=O) groups excluding carboxylic acids is 1. The third-order valence-corrected chi connectivity index (χ3v) is 5.42. The van der Waals surface area contributed by atoms with Gasteiger partial charge >= 0.3 is 0 Å². The highest BCUT2D eigenvalue weighted by molar-refractivity contribution is 5.89. The van der Waals surface area contributed by atoms with Crippen molar-refractivity contribution in [2.45, 2.75) is 63.7 Å². The normalized spacial score (nSPS) is 39.4. The van der Waals surface area contributed by atoms with Gasteiger partial charge in [0.2, 0.25) is 5.91 Å². The van der Waals surface area contributed by atoms with Crippen LogP contribution in [0, 0.1) is 5.92 Å². The Labute approximate surface area is 116 Å². The molecule has 3 atom stereocenters. The number of hydrogen-bond donors (Lipinski definition) is 1. The number of rotatable bonds is 1. The lowest BCUT2D eigenvalue weighted by Gasteiger charge is -2.41. The first-order valence-corrected chi connectivity index (χ1v) is 7.82. The number of nitrogens with zero attached hydrogens (tertiary/aromatic N) is 2. The summed E-state index contributed by atoms with van der Waals surface area (Å²) >= 11 is 0. The average molecular weight is 265 g/mol. The van der Waals surface area contributed by atoms with Crippen molar-refractivity contribution in [1.29, 1.82) is 0 Å². The topological polar surface area (TPSA) is 35.6 Å². The largest absolute Gasteiger partial charge is 0.322 e. The zero-order valence-electron chi connectivity index (χ0n) is 12.5. The van der Waals surface area contributed by atoms with Crippen molar-refractivity contribution in [3.8, 4) is 0 Å². The highest BCUT2D eigenvalue weighted by Gasteiger charge is 2.53. The number of hydrogen-bond acceptors (Lipinski definition) is 3. The molecule has 3 unspecified atom stereocenters. The minimum Gasteiger partial charge on any atom is -0.322 e. The molecule has 3 aliphatic rings. The van der Waals surface area contributed by atoms with E-state index in [0.717, 1.165) is 32.4 Å². The second-order valence-corrected chi connectivity index (χ2v) is 6.92. The highest BCUT2D eigenvalue weighted by Crippen LogP contribution is 2.38. The molecule has 0 aromatic carbocycles. The molecule has 3 fully saturated rings. The van der Waals surface area contributed by atoms with E-state index in [9.17, 15) is 4.79 Å². The van der Waals surface area contributed by atoms with Crippen molar-refractivity contribution in [1.82, 2.24) is 15.1 Å². The van der Waals surface area contributed by atoms with E-state index in [1.54, 1.807) is 0 Å². The summed E-state index contributed by atoms with van der Waals surface area (Å²) in [6.07, 6.45) is 5.79. The molecule has 1 spiro atoms. The summed E-state index contributed by atoms with van der Waals surface area (Å²) in [7, 11) is 2.18. The maximum atomic E-state index is 12.9. The first-order valence-electron chi connectivity index (χ1n) is 7.82. The van der Waals surface area contributed by atoms with Crippen LogP contribution in [0.2, 0.25) is 0 Å². The number of amides is 1. The summed E-state index contributed by atoms with van der Waals surface area (Å²) in [5, 5.41) is 3.62. The Bertz CT molecular complexity index is 364. The quantitative estimate of drug-likeness (QED) is 0.779. The second kappa shape index (κ2) is 4.74. The molecular weight excluding hydrogens is 238 g/mol. The smallest absolute Gasteiger partial charge is 0.244 e. The lowest BCUT2D eigenvalue weighted by atomic mass is 9.91. The van der Waals surface area contributed by atoms with Crippen molar-refractivity contribution in [2.24, 2.45) is 5.92 Å². The lowest BCUT2D eigenvalue weighted by Crippen LogP contribution is -2.53. The molecule has 4 nitrogen and oxygen atoms in total. The Morgan fingerprint density at radius 2 is 1.95 bits per heavy atom. The van der Waals surface area contributed by atoms with Crippen LogP contribution >= 0.6 is 0 Å². The van der Waals surface area contributed by atoms with Crippen LogP contribution in [0.5, 0.6) is 0 Å². The van der Waals surface area contributed by atoms with Crippen LogP contribution in [0.15, 0.2) is 0 Å². The molecule has 3 rings (SSSR count). The van der Waals surface area contributed by atoms with Gasteiger partial charge in [-0.15, -0.1) is 0 Å². The zero-order valence-corrected chi connectivity index (χ0v) is 12.5. The van der Waals surface area contributed by atoms with E-state index in [1.807, 2.05) is 0 Å². The van der Waals surface area contributed by atoms with Crippen LogP contribution in [0.1, 0.15) is 46.0 Å². The van der Waals surface area contributed by atoms with Gasteiger partial charge in [-0.25, -0.2) is 0 Å². The first-order chi connectivity index (χ1) is 9.03. The van der Waals surface area contributed by atoms with Crippen LogP contribution in [0.25, 0.3) is 0 Å². The molecule has 0 radical (unpaired) electrons. The number of carbonyl (C=O) groups is 1. The average Bonchev–Trinajstić information content (AvgIpc) is 2.89. The van der Waals surface area contributed by atoms with Crippen LogP contribution in [0.4, 0.5) is 0 Å². The van der Waals surface area contributed by atoms with Crippen molar-refractivity contribution < 1.29 is 4.79 Å². The van der Waals surface area contributed by atoms with Gasteiger partial charge in [0.25, 0.3) is 0 Å². The monoisotopic (exact) mass is 265 g/mol. The Hall–Kier alpha value is -0.610.